The number of halogens is 3. The molecule has 4 aromatic rings. The highest BCUT2D eigenvalue weighted by atomic mass is 79.9. The lowest BCUT2D eigenvalue weighted by Gasteiger charge is -2.28. The predicted molar refractivity (Wildman–Crippen MR) is 169 cm³/mol. The molecule has 1 N–H and O–H groups in total. The van der Waals surface area contributed by atoms with Crippen LogP contribution < -0.4 is 14.8 Å². The van der Waals surface area contributed by atoms with Crippen molar-refractivity contribution < 1.29 is 19.0 Å². The number of fused-ring (bicyclic) bond motifs is 1. The number of carbonyl (C=O) groups is 1. The quantitative estimate of drug-likeness (QED) is 0.132. The van der Waals surface area contributed by atoms with Crippen molar-refractivity contribution in [3.05, 3.63) is 103 Å². The number of benzene rings is 3. The minimum absolute atomic E-state index is 0.232. The molecule has 1 aromatic heterocycles. The zero-order valence-electron chi connectivity index (χ0n) is 23.0. The van der Waals surface area contributed by atoms with Gasteiger partial charge in [0, 0.05) is 21.5 Å². The highest BCUT2D eigenvalue weighted by Gasteiger charge is 2.36. The summed E-state index contributed by atoms with van der Waals surface area (Å²) in [5.74, 6) is 1.66. The number of thioether (sulfide) groups is 1. The van der Waals surface area contributed by atoms with Gasteiger partial charge >= 0.3 is 5.97 Å². The molecule has 2 heterocycles. The summed E-state index contributed by atoms with van der Waals surface area (Å²) in [5.41, 5.74) is 3.70. The van der Waals surface area contributed by atoms with Gasteiger partial charge in [0.15, 0.2) is 11.5 Å². The van der Waals surface area contributed by atoms with Gasteiger partial charge in [-0.2, -0.15) is 4.98 Å². The van der Waals surface area contributed by atoms with E-state index in [0.717, 1.165) is 16.7 Å². The zero-order valence-corrected chi connectivity index (χ0v) is 26.9. The van der Waals surface area contributed by atoms with Crippen LogP contribution in [0.2, 0.25) is 10.0 Å². The summed E-state index contributed by atoms with van der Waals surface area (Å²) in [7, 11) is 1.57. The number of ether oxygens (including phenoxy) is 3. The van der Waals surface area contributed by atoms with Crippen molar-refractivity contribution in [3.8, 4) is 11.5 Å². The Kier molecular flexibility index (Phi) is 9.67. The average molecular weight is 690 g/mol. The maximum absolute atomic E-state index is 13.3. The molecule has 0 saturated heterocycles. The molecule has 1 atom stereocenters. The third kappa shape index (κ3) is 6.57. The summed E-state index contributed by atoms with van der Waals surface area (Å²) in [6, 6.07) is 18.2. The summed E-state index contributed by atoms with van der Waals surface area (Å²) in [6.45, 7) is 4.14. The Morgan fingerprint density at radius 3 is 2.62 bits per heavy atom. The van der Waals surface area contributed by atoms with Crippen LogP contribution in [-0.2, 0) is 21.9 Å². The Bertz CT molecular complexity index is 1650. The Labute approximate surface area is 266 Å². The van der Waals surface area contributed by atoms with Crippen LogP contribution in [0.4, 0.5) is 5.95 Å². The van der Waals surface area contributed by atoms with Crippen molar-refractivity contribution in [2.45, 2.75) is 37.4 Å². The molecule has 0 saturated carbocycles. The van der Waals surface area contributed by atoms with Crippen LogP contribution in [0.5, 0.6) is 11.5 Å². The normalized spacial score (nSPS) is 14.3. The molecule has 0 fully saturated rings. The van der Waals surface area contributed by atoms with Gasteiger partial charge in [0.1, 0.15) is 12.6 Å². The first-order chi connectivity index (χ1) is 20.3. The summed E-state index contributed by atoms with van der Waals surface area (Å²) >= 11 is 17.5. The van der Waals surface area contributed by atoms with E-state index < -0.39 is 12.0 Å². The molecule has 5 rings (SSSR count). The number of nitrogens with one attached hydrogen (secondary N) is 1. The van der Waals surface area contributed by atoms with Crippen LogP contribution in [-0.4, -0.2) is 34.5 Å². The number of allylic oxidation sites excluding steroid dienone is 1. The van der Waals surface area contributed by atoms with Crippen molar-refractivity contribution in [1.82, 2.24) is 14.8 Å². The summed E-state index contributed by atoms with van der Waals surface area (Å²) in [5, 5.41) is 9.90. The molecule has 0 bridgehead atoms. The number of carbonyl (C=O) groups excluding carboxylic acids is 1. The van der Waals surface area contributed by atoms with Crippen molar-refractivity contribution in [1.29, 1.82) is 0 Å². The molecule has 218 valence electrons. The maximum Gasteiger partial charge on any atom is 0.338 e. The molecule has 12 heteroatoms. The van der Waals surface area contributed by atoms with E-state index in [1.54, 1.807) is 18.7 Å². The number of hydrogen-bond acceptors (Lipinski definition) is 8. The maximum atomic E-state index is 13.3. The van der Waals surface area contributed by atoms with Gasteiger partial charge in [-0.25, -0.2) is 9.48 Å². The summed E-state index contributed by atoms with van der Waals surface area (Å²) in [6.07, 6.45) is 0. The molecule has 0 spiro atoms. The predicted octanol–water partition coefficient (Wildman–Crippen LogP) is 8.08. The summed E-state index contributed by atoms with van der Waals surface area (Å²) in [4.78, 5) is 18.0. The summed E-state index contributed by atoms with van der Waals surface area (Å²) < 4.78 is 19.7. The van der Waals surface area contributed by atoms with Gasteiger partial charge in [-0.1, -0.05) is 65.3 Å². The number of esters is 1. The van der Waals surface area contributed by atoms with Crippen LogP contribution in [0, 0.1) is 0 Å². The molecule has 0 amide bonds. The van der Waals surface area contributed by atoms with Crippen LogP contribution in [0.25, 0.3) is 0 Å². The van der Waals surface area contributed by atoms with Gasteiger partial charge in [0.2, 0.25) is 11.1 Å². The van der Waals surface area contributed by atoms with Gasteiger partial charge in [0.05, 0.1) is 23.8 Å². The van der Waals surface area contributed by atoms with E-state index in [1.165, 1.54) is 11.8 Å². The molecule has 3 aromatic carbocycles. The standard InChI is InChI=1S/C30H27BrCl2N4O4S/c1-4-40-28(38)25-17(2)34-29-35-30(42-16-19-7-5-6-8-23(19)33)36-37(29)26(25)20-13-22(31)27(24(14-20)39-3)41-15-18-9-11-21(32)12-10-18/h5-14,26H,4,15-16H2,1-3H3,(H,34,35,36). The van der Waals surface area contributed by atoms with E-state index >= 15 is 0 Å². The van der Waals surface area contributed by atoms with E-state index in [2.05, 4.69) is 21.2 Å². The third-order valence-electron chi connectivity index (χ3n) is 6.51. The van der Waals surface area contributed by atoms with Crippen LogP contribution in [0.1, 0.15) is 36.6 Å². The van der Waals surface area contributed by atoms with Crippen molar-refractivity contribution in [2.24, 2.45) is 0 Å². The van der Waals surface area contributed by atoms with Crippen LogP contribution in [0.15, 0.2) is 81.6 Å². The minimum atomic E-state index is -0.641. The fourth-order valence-electron chi connectivity index (χ4n) is 4.51. The number of anilines is 1. The third-order valence-corrected chi connectivity index (χ3v) is 8.60. The second-order valence-electron chi connectivity index (χ2n) is 9.28. The van der Waals surface area contributed by atoms with Gasteiger partial charge in [-0.3, -0.25) is 0 Å². The molecular formula is C30H27BrCl2N4O4S. The lowest BCUT2D eigenvalue weighted by Crippen LogP contribution is -2.29. The first-order valence-electron chi connectivity index (χ1n) is 13.0. The smallest absolute Gasteiger partial charge is 0.338 e. The van der Waals surface area contributed by atoms with E-state index in [1.807, 2.05) is 67.6 Å². The van der Waals surface area contributed by atoms with E-state index in [-0.39, 0.29) is 6.61 Å². The lowest BCUT2D eigenvalue weighted by atomic mass is 9.95. The van der Waals surface area contributed by atoms with E-state index in [4.69, 9.17) is 47.5 Å². The Morgan fingerprint density at radius 2 is 1.90 bits per heavy atom. The molecule has 42 heavy (non-hydrogen) atoms. The molecule has 1 aliphatic heterocycles. The second kappa shape index (κ2) is 13.4. The highest BCUT2D eigenvalue weighted by molar-refractivity contribution is 9.10. The highest BCUT2D eigenvalue weighted by Crippen LogP contribution is 2.43. The monoisotopic (exact) mass is 688 g/mol. The first kappa shape index (κ1) is 30.3. The number of nitrogens with zero attached hydrogens (tertiary/aromatic N) is 3. The van der Waals surface area contributed by atoms with Crippen LogP contribution in [0.3, 0.4) is 0 Å². The van der Waals surface area contributed by atoms with Gasteiger partial charge in [-0.05, 0) is 76.8 Å². The Hall–Kier alpha value is -3.18. The largest absolute Gasteiger partial charge is 0.493 e. The number of rotatable bonds is 10. The molecule has 1 aliphatic rings. The van der Waals surface area contributed by atoms with Crippen molar-refractivity contribution >= 4 is 62.8 Å². The van der Waals surface area contributed by atoms with Crippen LogP contribution >= 0.6 is 50.9 Å². The Morgan fingerprint density at radius 1 is 1.14 bits per heavy atom. The molecule has 1 unspecified atom stereocenters. The topological polar surface area (TPSA) is 87.5 Å². The van der Waals surface area contributed by atoms with Gasteiger partial charge in [0.25, 0.3) is 0 Å². The van der Waals surface area contributed by atoms with E-state index in [9.17, 15) is 4.79 Å². The van der Waals surface area contributed by atoms with Gasteiger partial charge < -0.3 is 19.5 Å². The van der Waals surface area contributed by atoms with Crippen molar-refractivity contribution in [3.63, 3.8) is 0 Å². The second-order valence-corrected chi connectivity index (χ2v) is 11.9. The number of hydrogen-bond donors (Lipinski definition) is 1. The Balaban J connectivity index is 1.50. The fourth-order valence-corrected chi connectivity index (χ4v) is 6.32. The first-order valence-corrected chi connectivity index (χ1v) is 15.5. The minimum Gasteiger partial charge on any atom is -0.493 e. The molecule has 8 nitrogen and oxygen atoms in total. The fraction of sp³-hybridized carbons (Fsp3) is 0.233. The average Bonchev–Trinajstić information content (AvgIpc) is 3.38. The zero-order chi connectivity index (χ0) is 29.8. The molecule has 0 radical (unpaired) electrons. The molecular weight excluding hydrogens is 663 g/mol. The number of aromatic nitrogens is 3. The SMILES string of the molecule is CCOC(=O)C1=C(C)Nc2nc(SCc3ccccc3Cl)nn2C1c1cc(Br)c(OCc2ccc(Cl)cc2)c(OC)c1. The lowest BCUT2D eigenvalue weighted by molar-refractivity contribution is -0.139. The van der Waals surface area contributed by atoms with E-state index in [0.29, 0.717) is 60.8 Å². The number of methoxy groups -OCH3 is 1. The molecule has 0 aliphatic carbocycles. The van der Waals surface area contributed by atoms with Gasteiger partial charge in [-0.15, -0.1) is 5.10 Å². The van der Waals surface area contributed by atoms with Crippen molar-refractivity contribution in [2.75, 3.05) is 19.0 Å².